The van der Waals surface area contributed by atoms with E-state index in [9.17, 15) is 9.59 Å². The topological polar surface area (TPSA) is 46.2 Å². The molecular formula is C24H35NO2. The number of hydrogen-bond donors (Lipinski definition) is 1. The van der Waals surface area contributed by atoms with E-state index in [1.807, 2.05) is 25.2 Å². The van der Waals surface area contributed by atoms with Crippen molar-refractivity contribution >= 4 is 11.6 Å². The van der Waals surface area contributed by atoms with E-state index in [4.69, 9.17) is 0 Å². The smallest absolute Gasteiger partial charge is 0.211 e. The number of hydrogen-bond acceptors (Lipinski definition) is 3. The van der Waals surface area contributed by atoms with Gasteiger partial charge < -0.3 is 5.32 Å². The van der Waals surface area contributed by atoms with Crippen molar-refractivity contribution in [2.75, 3.05) is 13.1 Å². The van der Waals surface area contributed by atoms with Crippen molar-refractivity contribution in [2.24, 2.45) is 5.41 Å². The molecule has 0 heterocycles. The number of carbonyl (C=O) groups is 2. The lowest BCUT2D eigenvalue weighted by Gasteiger charge is -2.32. The van der Waals surface area contributed by atoms with Gasteiger partial charge in [0.2, 0.25) is 5.78 Å². The summed E-state index contributed by atoms with van der Waals surface area (Å²) in [5.41, 5.74) is 5.59. The van der Waals surface area contributed by atoms with Crippen LogP contribution in [0.15, 0.2) is 58.7 Å². The fraction of sp³-hybridized carbons (Fsp3) is 0.500. The molecular weight excluding hydrogens is 334 g/mol. The molecule has 27 heavy (non-hydrogen) atoms. The van der Waals surface area contributed by atoms with Gasteiger partial charge in [0.15, 0.2) is 5.78 Å². The molecule has 1 N–H and O–H groups in total. The Kier molecular flexibility index (Phi) is 9.37. The van der Waals surface area contributed by atoms with Gasteiger partial charge in [-0.25, -0.2) is 0 Å². The van der Waals surface area contributed by atoms with E-state index < -0.39 is 5.78 Å². The van der Waals surface area contributed by atoms with Crippen molar-refractivity contribution in [1.82, 2.24) is 5.32 Å². The first-order valence-electron chi connectivity index (χ1n) is 9.78. The summed E-state index contributed by atoms with van der Waals surface area (Å²) in [6.45, 7) is 13.0. The minimum atomic E-state index is -0.403. The van der Waals surface area contributed by atoms with Gasteiger partial charge in [0.1, 0.15) is 0 Å². The summed E-state index contributed by atoms with van der Waals surface area (Å²) in [7, 11) is 0. The van der Waals surface area contributed by atoms with E-state index in [0.717, 1.165) is 5.57 Å². The van der Waals surface area contributed by atoms with Crippen LogP contribution in [0.1, 0.15) is 60.8 Å². The minimum absolute atomic E-state index is 0.0955. The van der Waals surface area contributed by atoms with Crippen molar-refractivity contribution in [1.29, 1.82) is 0 Å². The Morgan fingerprint density at radius 2 is 1.81 bits per heavy atom. The van der Waals surface area contributed by atoms with Crippen LogP contribution in [0, 0.1) is 5.41 Å². The SMILES string of the molecule is CC(=O)C(=O)CNCC=C(C)C=CC=C(C)C=CC1=C(C)CCCC1(C)C. The van der Waals surface area contributed by atoms with Crippen molar-refractivity contribution in [3.63, 3.8) is 0 Å². The lowest BCUT2D eigenvalue weighted by atomic mass is 9.72. The molecule has 1 aliphatic rings. The predicted octanol–water partition coefficient (Wildman–Crippen LogP) is 5.27. The van der Waals surface area contributed by atoms with Gasteiger partial charge in [-0.05, 0) is 51.0 Å². The zero-order chi connectivity index (χ0) is 20.4. The molecule has 0 spiro atoms. The molecule has 3 heteroatoms. The number of Topliss-reactive ketones (excluding diaryl/α,β-unsaturated/α-hetero) is 2. The van der Waals surface area contributed by atoms with Crippen LogP contribution in [0.4, 0.5) is 0 Å². The largest absolute Gasteiger partial charge is 0.306 e. The number of rotatable bonds is 9. The Bertz CT molecular complexity index is 700. The summed E-state index contributed by atoms with van der Waals surface area (Å²) in [5.74, 6) is -0.784. The van der Waals surface area contributed by atoms with Gasteiger partial charge >= 0.3 is 0 Å². The number of carbonyl (C=O) groups excluding carboxylic acids is 2. The van der Waals surface area contributed by atoms with Crippen LogP contribution in [0.25, 0.3) is 0 Å². The van der Waals surface area contributed by atoms with Gasteiger partial charge in [-0.3, -0.25) is 9.59 Å². The monoisotopic (exact) mass is 369 g/mol. The summed E-state index contributed by atoms with van der Waals surface area (Å²) in [4.78, 5) is 22.1. The van der Waals surface area contributed by atoms with Gasteiger partial charge in [0.25, 0.3) is 0 Å². The highest BCUT2D eigenvalue weighted by Crippen LogP contribution is 2.40. The van der Waals surface area contributed by atoms with Crippen molar-refractivity contribution in [3.05, 3.63) is 58.7 Å². The van der Waals surface area contributed by atoms with E-state index in [-0.39, 0.29) is 17.7 Å². The molecule has 1 rings (SSSR count). The van der Waals surface area contributed by atoms with E-state index in [1.54, 1.807) is 0 Å². The molecule has 0 saturated heterocycles. The van der Waals surface area contributed by atoms with Crippen LogP contribution in [-0.4, -0.2) is 24.7 Å². The fourth-order valence-corrected chi connectivity index (χ4v) is 3.24. The quantitative estimate of drug-likeness (QED) is 0.342. The third-order valence-corrected chi connectivity index (χ3v) is 5.02. The zero-order valence-corrected chi connectivity index (χ0v) is 17.8. The van der Waals surface area contributed by atoms with Crippen LogP contribution < -0.4 is 5.32 Å². The zero-order valence-electron chi connectivity index (χ0n) is 17.8. The van der Waals surface area contributed by atoms with Crippen molar-refractivity contribution < 1.29 is 9.59 Å². The van der Waals surface area contributed by atoms with Gasteiger partial charge in [0, 0.05) is 13.5 Å². The Morgan fingerprint density at radius 1 is 1.11 bits per heavy atom. The van der Waals surface area contributed by atoms with Crippen LogP contribution in [0.2, 0.25) is 0 Å². The Labute approximate surface area is 165 Å². The third kappa shape index (κ3) is 8.49. The second kappa shape index (κ2) is 11.0. The van der Waals surface area contributed by atoms with Crippen LogP contribution >= 0.6 is 0 Å². The number of nitrogens with one attached hydrogen (secondary N) is 1. The molecule has 0 aromatic heterocycles. The van der Waals surface area contributed by atoms with E-state index in [1.165, 1.54) is 42.9 Å². The number of allylic oxidation sites excluding steroid dienone is 9. The second-order valence-corrected chi connectivity index (χ2v) is 8.09. The Morgan fingerprint density at radius 3 is 2.44 bits per heavy atom. The van der Waals surface area contributed by atoms with E-state index in [0.29, 0.717) is 6.54 Å². The maximum atomic E-state index is 11.2. The van der Waals surface area contributed by atoms with Gasteiger partial charge in [-0.1, -0.05) is 67.0 Å². The highest BCUT2D eigenvalue weighted by Gasteiger charge is 2.26. The predicted molar refractivity (Wildman–Crippen MR) is 115 cm³/mol. The first-order valence-corrected chi connectivity index (χ1v) is 9.78. The molecule has 0 bridgehead atoms. The first kappa shape index (κ1) is 23.0. The molecule has 0 aromatic carbocycles. The third-order valence-electron chi connectivity index (χ3n) is 5.02. The Hall–Kier alpha value is -2.00. The van der Waals surface area contributed by atoms with Gasteiger partial charge in [-0.2, -0.15) is 0 Å². The average Bonchev–Trinajstić information content (AvgIpc) is 2.57. The second-order valence-electron chi connectivity index (χ2n) is 8.09. The first-order chi connectivity index (χ1) is 12.6. The molecule has 0 aliphatic heterocycles. The average molecular weight is 370 g/mol. The van der Waals surface area contributed by atoms with E-state index in [2.05, 4.69) is 51.2 Å². The lowest BCUT2D eigenvalue weighted by Crippen LogP contribution is -2.27. The summed E-state index contributed by atoms with van der Waals surface area (Å²) in [5, 5.41) is 2.95. The summed E-state index contributed by atoms with van der Waals surface area (Å²) in [6, 6.07) is 0. The van der Waals surface area contributed by atoms with Crippen LogP contribution in [-0.2, 0) is 9.59 Å². The van der Waals surface area contributed by atoms with Crippen molar-refractivity contribution in [2.45, 2.75) is 60.8 Å². The minimum Gasteiger partial charge on any atom is -0.306 e. The summed E-state index contributed by atoms with van der Waals surface area (Å²) < 4.78 is 0. The Balaban J connectivity index is 2.56. The van der Waals surface area contributed by atoms with Crippen molar-refractivity contribution in [3.8, 4) is 0 Å². The van der Waals surface area contributed by atoms with E-state index >= 15 is 0 Å². The molecule has 0 amide bonds. The molecule has 0 saturated carbocycles. The molecule has 148 valence electrons. The summed E-state index contributed by atoms with van der Waals surface area (Å²) >= 11 is 0. The maximum absolute atomic E-state index is 11.2. The molecule has 0 aromatic rings. The normalized spacial score (nSPS) is 18.6. The molecule has 0 unspecified atom stereocenters. The number of ketones is 2. The van der Waals surface area contributed by atoms with Crippen LogP contribution in [0.3, 0.4) is 0 Å². The highest BCUT2D eigenvalue weighted by molar-refractivity contribution is 6.37. The fourth-order valence-electron chi connectivity index (χ4n) is 3.24. The van der Waals surface area contributed by atoms with Gasteiger partial charge in [0.05, 0.1) is 6.54 Å². The summed E-state index contributed by atoms with van der Waals surface area (Å²) in [6.07, 6.45) is 16.4. The molecule has 0 atom stereocenters. The maximum Gasteiger partial charge on any atom is 0.211 e. The highest BCUT2D eigenvalue weighted by atomic mass is 16.2. The molecule has 3 nitrogen and oxygen atoms in total. The lowest BCUT2D eigenvalue weighted by molar-refractivity contribution is -0.134. The van der Waals surface area contributed by atoms with Crippen LogP contribution in [0.5, 0.6) is 0 Å². The molecule has 0 fully saturated rings. The standard InChI is InChI=1S/C24H35NO2/c1-18(12-13-22-20(3)11-8-15-24(22,5)6)9-7-10-19(2)14-16-25-17-23(27)21(4)26/h7,9-10,12-14,25H,8,11,15-17H2,1-6H3. The van der Waals surface area contributed by atoms with Gasteiger partial charge in [-0.15, -0.1) is 0 Å². The molecule has 0 radical (unpaired) electrons. The molecule has 1 aliphatic carbocycles.